The zero-order valence-electron chi connectivity index (χ0n) is 18.9. The van der Waals surface area contributed by atoms with E-state index in [4.69, 9.17) is 9.47 Å². The van der Waals surface area contributed by atoms with E-state index < -0.39 is 10.0 Å². The molecule has 0 atom stereocenters. The summed E-state index contributed by atoms with van der Waals surface area (Å²) in [4.78, 5) is 27.9. The third-order valence-electron chi connectivity index (χ3n) is 5.22. The molecule has 2 aliphatic rings. The van der Waals surface area contributed by atoms with Crippen molar-refractivity contribution in [3.05, 3.63) is 18.2 Å². The first-order valence-corrected chi connectivity index (χ1v) is 12.3. The van der Waals surface area contributed by atoms with Crippen LogP contribution in [0.3, 0.4) is 0 Å². The fraction of sp³-hybridized carbons (Fsp3) is 0.619. The van der Waals surface area contributed by atoms with E-state index in [1.165, 1.54) is 16.4 Å². The molecule has 1 aromatic carbocycles. The summed E-state index contributed by atoms with van der Waals surface area (Å²) in [6.07, 6.45) is 0.740. The Bertz CT molecular complexity index is 928. The minimum absolute atomic E-state index is 0.0419. The summed E-state index contributed by atoms with van der Waals surface area (Å²) in [5.41, 5.74) is 0. The van der Waals surface area contributed by atoms with E-state index in [1.54, 1.807) is 22.9 Å². The number of nitrogens with zero attached hydrogens (tertiary/aromatic N) is 3. The molecule has 0 aromatic heterocycles. The molecule has 2 aliphatic heterocycles. The monoisotopic (exact) mass is 468 g/mol. The van der Waals surface area contributed by atoms with Gasteiger partial charge in [0.05, 0.1) is 31.2 Å². The summed E-state index contributed by atoms with van der Waals surface area (Å²) in [6, 6.07) is 4.70. The van der Waals surface area contributed by atoms with Crippen LogP contribution in [0.25, 0.3) is 0 Å². The maximum atomic E-state index is 13.1. The Hall–Kier alpha value is -2.37. The molecule has 1 fully saturated rings. The molecule has 1 N–H and O–H groups in total. The zero-order chi connectivity index (χ0) is 23.3. The van der Waals surface area contributed by atoms with Gasteiger partial charge in [0, 0.05) is 44.7 Å². The molecule has 2 heterocycles. The van der Waals surface area contributed by atoms with Gasteiger partial charge >= 0.3 is 0 Å². The number of sulfonamides is 1. The van der Waals surface area contributed by atoms with E-state index in [0.717, 1.165) is 6.42 Å². The molecule has 3 rings (SSSR count). The molecule has 0 bridgehead atoms. The van der Waals surface area contributed by atoms with Gasteiger partial charge in [-0.25, -0.2) is 8.42 Å². The normalized spacial score (nSPS) is 17.3. The third-order valence-corrected chi connectivity index (χ3v) is 7.11. The van der Waals surface area contributed by atoms with Gasteiger partial charge in [-0.15, -0.1) is 0 Å². The third kappa shape index (κ3) is 6.11. The Morgan fingerprint density at radius 1 is 1.06 bits per heavy atom. The first-order chi connectivity index (χ1) is 15.2. The van der Waals surface area contributed by atoms with Crippen LogP contribution in [0.15, 0.2) is 23.1 Å². The van der Waals surface area contributed by atoms with Crippen molar-refractivity contribution in [2.24, 2.45) is 0 Å². The summed E-state index contributed by atoms with van der Waals surface area (Å²) in [6.45, 7) is 6.01. The quantitative estimate of drug-likeness (QED) is 0.606. The van der Waals surface area contributed by atoms with E-state index in [9.17, 15) is 18.0 Å². The number of ether oxygens (including phenoxy) is 2. The van der Waals surface area contributed by atoms with Gasteiger partial charge in [-0.1, -0.05) is 0 Å². The van der Waals surface area contributed by atoms with E-state index >= 15 is 0 Å². The van der Waals surface area contributed by atoms with Gasteiger partial charge in [0.1, 0.15) is 0 Å². The first-order valence-electron chi connectivity index (χ1n) is 10.8. The number of fused-ring (bicyclic) bond motifs is 1. The maximum Gasteiger partial charge on any atom is 0.243 e. The van der Waals surface area contributed by atoms with Crippen LogP contribution in [-0.2, 0) is 19.6 Å². The highest BCUT2D eigenvalue weighted by Gasteiger charge is 2.31. The highest BCUT2D eigenvalue weighted by molar-refractivity contribution is 7.89. The van der Waals surface area contributed by atoms with Crippen molar-refractivity contribution in [1.82, 2.24) is 19.4 Å². The van der Waals surface area contributed by atoms with Crippen molar-refractivity contribution >= 4 is 21.8 Å². The molecule has 10 nitrogen and oxygen atoms in total. The molecule has 32 heavy (non-hydrogen) atoms. The predicted molar refractivity (Wildman–Crippen MR) is 118 cm³/mol. The van der Waals surface area contributed by atoms with Crippen LogP contribution >= 0.6 is 0 Å². The first kappa shape index (κ1) is 24.3. The molecule has 178 valence electrons. The average molecular weight is 469 g/mol. The minimum Gasteiger partial charge on any atom is -0.490 e. The van der Waals surface area contributed by atoms with Gasteiger partial charge < -0.3 is 19.7 Å². The highest BCUT2D eigenvalue weighted by atomic mass is 32.2. The highest BCUT2D eigenvalue weighted by Crippen LogP contribution is 2.33. The molecule has 1 saturated heterocycles. The lowest BCUT2D eigenvalue weighted by Crippen LogP contribution is -2.52. The Labute approximate surface area is 189 Å². The molecular formula is C21H32N4O6S. The number of carbonyl (C=O) groups is 2. The van der Waals surface area contributed by atoms with E-state index in [-0.39, 0.29) is 48.9 Å². The molecule has 0 saturated carbocycles. The smallest absolute Gasteiger partial charge is 0.243 e. The summed E-state index contributed by atoms with van der Waals surface area (Å²) < 4.78 is 38.8. The second-order valence-electron chi connectivity index (χ2n) is 8.34. The van der Waals surface area contributed by atoms with Crippen LogP contribution in [0, 0.1) is 0 Å². The van der Waals surface area contributed by atoms with Crippen molar-refractivity contribution in [1.29, 1.82) is 0 Å². The summed E-state index contributed by atoms with van der Waals surface area (Å²) >= 11 is 0. The summed E-state index contributed by atoms with van der Waals surface area (Å²) in [7, 11) is -2.00. The largest absolute Gasteiger partial charge is 0.490 e. The van der Waals surface area contributed by atoms with Crippen molar-refractivity contribution in [2.45, 2.75) is 31.2 Å². The Morgan fingerprint density at radius 3 is 2.38 bits per heavy atom. The molecule has 0 radical (unpaired) electrons. The predicted octanol–water partition coefficient (Wildman–Crippen LogP) is 0.137. The molecular weight excluding hydrogens is 436 g/mol. The van der Waals surface area contributed by atoms with Crippen molar-refractivity contribution < 1.29 is 27.5 Å². The van der Waals surface area contributed by atoms with Crippen LogP contribution < -0.4 is 14.8 Å². The second-order valence-corrected chi connectivity index (χ2v) is 10.3. The van der Waals surface area contributed by atoms with E-state index in [0.29, 0.717) is 37.8 Å². The lowest BCUT2D eigenvalue weighted by atomic mass is 10.3. The minimum atomic E-state index is -3.71. The number of nitrogens with one attached hydrogen (secondary N) is 1. The van der Waals surface area contributed by atoms with Crippen LogP contribution in [0.4, 0.5) is 0 Å². The fourth-order valence-corrected chi connectivity index (χ4v) is 5.07. The zero-order valence-corrected chi connectivity index (χ0v) is 19.7. The van der Waals surface area contributed by atoms with Crippen molar-refractivity contribution in [2.75, 3.05) is 59.5 Å². The molecule has 2 amide bonds. The number of likely N-dealkylation sites (N-methyl/N-ethyl adjacent to an activating group) is 1. The van der Waals surface area contributed by atoms with E-state index in [1.807, 2.05) is 13.8 Å². The number of hydrogen-bond donors (Lipinski definition) is 1. The number of rotatable bonds is 7. The van der Waals surface area contributed by atoms with Gasteiger partial charge in [0.25, 0.3) is 0 Å². The van der Waals surface area contributed by atoms with Gasteiger partial charge in [-0.3, -0.25) is 14.5 Å². The number of amides is 2. The maximum absolute atomic E-state index is 13.1. The fourth-order valence-electron chi connectivity index (χ4n) is 3.63. The van der Waals surface area contributed by atoms with Crippen molar-refractivity contribution in [3.8, 4) is 11.5 Å². The Balaban J connectivity index is 1.55. The average Bonchev–Trinajstić information content (AvgIpc) is 2.97. The molecule has 0 unspecified atom stereocenters. The Morgan fingerprint density at radius 2 is 1.72 bits per heavy atom. The molecule has 1 aromatic rings. The molecule has 11 heteroatoms. The number of hydrogen-bond acceptors (Lipinski definition) is 7. The summed E-state index contributed by atoms with van der Waals surface area (Å²) in [5.74, 6) is 0.712. The van der Waals surface area contributed by atoms with Crippen LogP contribution in [-0.4, -0.2) is 99.9 Å². The topological polar surface area (TPSA) is 108 Å². The van der Waals surface area contributed by atoms with Gasteiger partial charge in [0.2, 0.25) is 21.8 Å². The van der Waals surface area contributed by atoms with Crippen LogP contribution in [0.1, 0.15) is 20.3 Å². The van der Waals surface area contributed by atoms with Gasteiger partial charge in [0.15, 0.2) is 11.5 Å². The standard InChI is InChI=1S/C21H32N4O6S/c1-16(2)22-20(26)14-23(3)15-21(27)24-7-9-25(10-8-24)32(28,29)17-5-6-18-19(13-17)31-12-4-11-30-18/h5-6,13,16H,4,7-12,14-15H2,1-3H3,(H,22,26). The van der Waals surface area contributed by atoms with Gasteiger partial charge in [-0.2, -0.15) is 4.31 Å². The van der Waals surface area contributed by atoms with Crippen molar-refractivity contribution in [3.63, 3.8) is 0 Å². The van der Waals surface area contributed by atoms with Crippen LogP contribution in [0.5, 0.6) is 11.5 Å². The number of piperazine rings is 1. The van der Waals surface area contributed by atoms with Gasteiger partial charge in [-0.05, 0) is 33.0 Å². The lowest BCUT2D eigenvalue weighted by molar-refractivity contribution is -0.133. The van der Waals surface area contributed by atoms with E-state index in [2.05, 4.69) is 5.32 Å². The summed E-state index contributed by atoms with van der Waals surface area (Å²) in [5, 5.41) is 2.79. The number of benzene rings is 1. The number of carbonyl (C=O) groups excluding carboxylic acids is 2. The Kier molecular flexibility index (Phi) is 7.96. The second kappa shape index (κ2) is 10.5. The SMILES string of the molecule is CC(C)NC(=O)CN(C)CC(=O)N1CCN(S(=O)(=O)c2ccc3c(c2)OCCCO3)CC1. The molecule has 0 aliphatic carbocycles. The lowest BCUT2D eigenvalue weighted by Gasteiger charge is -2.34. The molecule has 0 spiro atoms. The van der Waals surface area contributed by atoms with Crippen LogP contribution in [0.2, 0.25) is 0 Å².